The molecule has 4 atom stereocenters. The summed E-state index contributed by atoms with van der Waals surface area (Å²) in [6, 6.07) is 2.51. The van der Waals surface area contributed by atoms with Gasteiger partial charge in [-0.05, 0) is 25.7 Å². The lowest BCUT2D eigenvalue weighted by atomic mass is 10.2. The fraction of sp³-hybridized carbons (Fsp3) is 1.00. The predicted molar refractivity (Wildman–Crippen MR) is 232 cm³/mol. The van der Waals surface area contributed by atoms with Gasteiger partial charge in [0.25, 0.3) is 0 Å². The Morgan fingerprint density at radius 3 is 0.869 bits per heavy atom. The van der Waals surface area contributed by atoms with Crippen LogP contribution in [-0.4, -0.2) is 244 Å². The Balaban J connectivity index is 0.00000200. The van der Waals surface area contributed by atoms with E-state index in [4.69, 9.17) is 76.8 Å². The van der Waals surface area contributed by atoms with E-state index in [0.29, 0.717) is 76.5 Å². The quantitative estimate of drug-likeness (QED) is 0.0439. The van der Waals surface area contributed by atoms with E-state index in [1.54, 1.807) is 90.2 Å². The number of epoxide rings is 1. The van der Waals surface area contributed by atoms with Crippen molar-refractivity contribution in [1.82, 2.24) is 4.90 Å². The minimum absolute atomic E-state index is 0.0749. The number of aliphatic hydroxyl groups is 3. The van der Waals surface area contributed by atoms with Crippen LogP contribution < -0.4 is 0 Å². The molecule has 1 heterocycles. The lowest BCUT2D eigenvalue weighted by Gasteiger charge is -2.29. The van der Waals surface area contributed by atoms with Crippen molar-refractivity contribution < 1.29 is 92.1 Å². The van der Waals surface area contributed by atoms with Crippen molar-refractivity contribution in [2.45, 2.75) is 74.3 Å². The summed E-state index contributed by atoms with van der Waals surface area (Å²) in [5.74, 6) is 0. The smallest absolute Gasteiger partial charge is 0.389 e. The number of ether oxygens (including phenoxy) is 5. The summed E-state index contributed by atoms with van der Waals surface area (Å²) in [6.07, 6.45) is 0.539. The summed E-state index contributed by atoms with van der Waals surface area (Å²) >= 11 is 0. The summed E-state index contributed by atoms with van der Waals surface area (Å²) in [5, 5.41) is 32.1. The average molecular weight is 962 g/mol. The van der Waals surface area contributed by atoms with Gasteiger partial charge in [0.05, 0.1) is 51.3 Å². The second-order valence-corrected chi connectivity index (χ2v) is 26.4. The second-order valence-electron chi connectivity index (χ2n) is 14.0. The van der Waals surface area contributed by atoms with Crippen molar-refractivity contribution in [2.75, 3.05) is 164 Å². The molecular formula is C36H83NO20Si4. The van der Waals surface area contributed by atoms with E-state index in [1.165, 1.54) is 0 Å². The molecule has 0 aliphatic carbocycles. The Kier molecular flexibility index (Phi) is 36.2. The molecule has 61 heavy (non-hydrogen) atoms. The molecule has 0 saturated carbocycles. The maximum Gasteiger partial charge on any atom is 0.500 e. The minimum atomic E-state index is -2.69. The molecule has 0 aromatic rings. The van der Waals surface area contributed by atoms with Gasteiger partial charge in [-0.1, -0.05) is 0 Å². The van der Waals surface area contributed by atoms with Crippen LogP contribution in [0.3, 0.4) is 0 Å². The van der Waals surface area contributed by atoms with Gasteiger partial charge in [-0.3, -0.25) is 4.90 Å². The van der Waals surface area contributed by atoms with E-state index in [2.05, 4.69) is 0 Å². The number of nitrogens with zero attached hydrogens (tertiary/aromatic N) is 1. The van der Waals surface area contributed by atoms with Crippen molar-refractivity contribution in [1.29, 1.82) is 0 Å². The van der Waals surface area contributed by atoms with Crippen LogP contribution in [0.1, 0.15) is 25.7 Å². The maximum absolute atomic E-state index is 10.7. The van der Waals surface area contributed by atoms with E-state index >= 15 is 0 Å². The molecule has 1 saturated heterocycles. The van der Waals surface area contributed by atoms with Crippen molar-refractivity contribution >= 4 is 35.2 Å². The first-order valence-corrected chi connectivity index (χ1v) is 28.3. The number of hydrogen-bond donors (Lipinski definition) is 3. The van der Waals surface area contributed by atoms with Gasteiger partial charge in [-0.2, -0.15) is 0 Å². The Bertz CT molecular complexity index is 880. The van der Waals surface area contributed by atoms with Crippen LogP contribution in [0, 0.1) is 0 Å². The van der Waals surface area contributed by atoms with Crippen molar-refractivity contribution in [3.05, 3.63) is 0 Å². The lowest BCUT2D eigenvalue weighted by Crippen LogP contribution is -2.45. The molecule has 0 radical (unpaired) electrons. The Hall–Kier alpha value is 0.0275. The van der Waals surface area contributed by atoms with Crippen LogP contribution in [0.2, 0.25) is 24.2 Å². The number of hydrogen-bond acceptors (Lipinski definition) is 21. The monoisotopic (exact) mass is 961 g/mol. The number of rotatable bonds is 42. The molecule has 25 heteroatoms. The first-order valence-electron chi connectivity index (χ1n) is 20.6. The SMILES string of the molecule is CO[Si](CCCOCC(O)CN(CC(O)COCCC[Si](OC)(OC)OC)CC(O)COCCC[Si](OC)(OC)OC)(OC)OC.CO[Si](CCCOCC1CO1)(OC)OC. The normalized spacial score (nSPS) is 16.4. The van der Waals surface area contributed by atoms with Gasteiger partial charge in [-0.15, -0.1) is 0 Å². The Morgan fingerprint density at radius 2 is 0.656 bits per heavy atom. The molecule has 1 aliphatic rings. The third kappa shape index (κ3) is 26.7. The lowest BCUT2D eigenvalue weighted by molar-refractivity contribution is -0.0325. The second kappa shape index (κ2) is 36.2. The zero-order chi connectivity index (χ0) is 46.0. The van der Waals surface area contributed by atoms with E-state index in [0.717, 1.165) is 19.1 Å². The van der Waals surface area contributed by atoms with Crippen LogP contribution in [0.4, 0.5) is 0 Å². The highest BCUT2D eigenvalue weighted by molar-refractivity contribution is 6.61. The predicted octanol–water partition coefficient (Wildman–Crippen LogP) is 0.896. The molecule has 3 N–H and O–H groups in total. The fourth-order valence-electron chi connectivity index (χ4n) is 6.10. The molecule has 0 aromatic carbocycles. The van der Waals surface area contributed by atoms with Gasteiger partial charge in [0.15, 0.2) is 0 Å². The summed E-state index contributed by atoms with van der Waals surface area (Å²) in [7, 11) is 8.45. The summed E-state index contributed by atoms with van der Waals surface area (Å²) in [6.45, 7) is 4.09. The zero-order valence-corrected chi connectivity index (χ0v) is 43.2. The van der Waals surface area contributed by atoms with Crippen LogP contribution in [0.15, 0.2) is 0 Å². The molecule has 0 spiro atoms. The van der Waals surface area contributed by atoms with E-state index in [1.807, 2.05) is 0 Å². The first-order chi connectivity index (χ1) is 29.3. The molecule has 1 rings (SSSR count). The van der Waals surface area contributed by atoms with Crippen LogP contribution in [0.25, 0.3) is 0 Å². The van der Waals surface area contributed by atoms with Gasteiger partial charge >= 0.3 is 35.2 Å². The van der Waals surface area contributed by atoms with Gasteiger partial charge in [0, 0.05) is 156 Å². The third-order valence-corrected chi connectivity index (χ3v) is 21.2. The molecule has 0 aromatic heterocycles. The topological polar surface area (TPSA) is 224 Å². The highest BCUT2D eigenvalue weighted by Gasteiger charge is 2.39. The minimum Gasteiger partial charge on any atom is -0.389 e. The largest absolute Gasteiger partial charge is 0.500 e. The van der Waals surface area contributed by atoms with Crippen LogP contribution in [-0.2, 0) is 76.8 Å². The standard InChI is InChI=1S/C27H63NO15Si3.C9H20O5Si/c1-32-44(33-2,34-3)16-10-13-41-22-25(29)19-28(20-26(30)23-42-14-11-17-45(35-4,36-5)37-6)21-27(31)24-43-15-12-18-46(38-7,39-8)40-9;1-10-15(11-2,12-3)6-4-5-13-7-9-8-14-9/h25-27,29-31H,10-24H2,1-9H3;9H,4-8H2,1-3H3. The van der Waals surface area contributed by atoms with Crippen molar-refractivity contribution in [3.63, 3.8) is 0 Å². The van der Waals surface area contributed by atoms with E-state index in [-0.39, 0.29) is 39.5 Å². The highest BCUT2D eigenvalue weighted by atomic mass is 28.4. The average Bonchev–Trinajstić information content (AvgIpc) is 4.11. The summed E-state index contributed by atoms with van der Waals surface area (Å²) < 4.78 is 92.1. The van der Waals surface area contributed by atoms with Gasteiger partial charge in [0.1, 0.15) is 6.10 Å². The van der Waals surface area contributed by atoms with Crippen molar-refractivity contribution in [3.8, 4) is 0 Å². The molecular weight excluding hydrogens is 879 g/mol. The van der Waals surface area contributed by atoms with Gasteiger partial charge in [0.2, 0.25) is 0 Å². The first kappa shape index (κ1) is 61.0. The molecule has 0 amide bonds. The maximum atomic E-state index is 10.7. The van der Waals surface area contributed by atoms with E-state index < -0.39 is 53.5 Å². The fourth-order valence-corrected chi connectivity index (χ4v) is 12.9. The molecule has 21 nitrogen and oxygen atoms in total. The van der Waals surface area contributed by atoms with Crippen LogP contribution in [0.5, 0.6) is 0 Å². The highest BCUT2D eigenvalue weighted by Crippen LogP contribution is 2.18. The molecule has 1 fully saturated rings. The molecule has 0 bridgehead atoms. The zero-order valence-electron chi connectivity index (χ0n) is 39.2. The number of aliphatic hydroxyl groups excluding tert-OH is 3. The molecule has 4 unspecified atom stereocenters. The third-order valence-electron chi connectivity index (χ3n) is 9.86. The van der Waals surface area contributed by atoms with Crippen molar-refractivity contribution in [2.24, 2.45) is 0 Å². The summed E-state index contributed by atoms with van der Waals surface area (Å²) in [4.78, 5) is 1.77. The molecule has 1 aliphatic heterocycles. The molecule has 368 valence electrons. The van der Waals surface area contributed by atoms with Gasteiger partial charge in [-0.25, -0.2) is 0 Å². The van der Waals surface area contributed by atoms with E-state index in [9.17, 15) is 15.3 Å². The Morgan fingerprint density at radius 1 is 0.426 bits per heavy atom. The summed E-state index contributed by atoms with van der Waals surface area (Å²) in [5.41, 5.74) is 0. The van der Waals surface area contributed by atoms with Gasteiger partial charge < -0.3 is 92.1 Å². The van der Waals surface area contributed by atoms with Crippen LogP contribution >= 0.6 is 0 Å². The Labute approximate surface area is 370 Å².